The second-order valence-corrected chi connectivity index (χ2v) is 8.14. The first-order chi connectivity index (χ1) is 16.3. The molecule has 8 nitrogen and oxygen atoms in total. The molecule has 1 saturated heterocycles. The molecule has 3 heterocycles. The Morgan fingerprint density at radius 2 is 1.91 bits per heavy atom. The molecule has 8 heteroatoms. The topological polar surface area (TPSA) is 75.7 Å². The van der Waals surface area contributed by atoms with E-state index in [4.69, 9.17) is 19.2 Å². The Labute approximate surface area is 193 Å². The summed E-state index contributed by atoms with van der Waals surface area (Å²) in [5.41, 5.74) is 3.98. The number of hydrogen-bond donors (Lipinski definition) is 1. The van der Waals surface area contributed by atoms with Crippen LogP contribution in [0, 0.1) is 0 Å². The third-order valence-electron chi connectivity index (χ3n) is 6.21. The van der Waals surface area contributed by atoms with Crippen LogP contribution in [0.2, 0.25) is 0 Å². The van der Waals surface area contributed by atoms with Gasteiger partial charge in [0.25, 0.3) is 0 Å². The van der Waals surface area contributed by atoms with E-state index in [0.29, 0.717) is 6.54 Å². The van der Waals surface area contributed by atoms with Gasteiger partial charge in [-0.25, -0.2) is 9.97 Å². The lowest BCUT2D eigenvalue weighted by molar-refractivity contribution is 0.0391. The van der Waals surface area contributed by atoms with Gasteiger partial charge in [-0.3, -0.25) is 4.90 Å². The molecule has 4 aromatic rings. The summed E-state index contributed by atoms with van der Waals surface area (Å²) in [5, 5.41) is 1.10. The maximum absolute atomic E-state index is 5.66. The van der Waals surface area contributed by atoms with Gasteiger partial charge in [-0.2, -0.15) is 0 Å². The normalized spacial score (nSPS) is 14.6. The first-order valence-electron chi connectivity index (χ1n) is 11.2. The van der Waals surface area contributed by atoms with Crippen molar-refractivity contribution in [2.24, 2.45) is 0 Å². The van der Waals surface area contributed by atoms with Gasteiger partial charge in [0.15, 0.2) is 5.82 Å². The number of hydrogen-bond acceptors (Lipinski definition) is 7. The summed E-state index contributed by atoms with van der Waals surface area (Å²) in [5.74, 6) is 2.51. The average Bonchev–Trinajstić information content (AvgIpc) is 3.26. The van der Waals surface area contributed by atoms with Crippen LogP contribution in [0.4, 0.5) is 5.82 Å². The predicted molar refractivity (Wildman–Crippen MR) is 129 cm³/mol. The van der Waals surface area contributed by atoms with E-state index in [9.17, 15) is 0 Å². The Kier molecular flexibility index (Phi) is 6.28. The zero-order valence-electron chi connectivity index (χ0n) is 19.1. The Morgan fingerprint density at radius 1 is 1.06 bits per heavy atom. The maximum Gasteiger partial charge on any atom is 0.156 e. The number of methoxy groups -OCH3 is 2. The molecule has 33 heavy (non-hydrogen) atoms. The third kappa shape index (κ3) is 4.44. The van der Waals surface area contributed by atoms with Gasteiger partial charge in [0.1, 0.15) is 28.9 Å². The number of para-hydroxylation sites is 1. The number of aromatic nitrogens is 3. The molecule has 1 aliphatic heterocycles. The highest BCUT2D eigenvalue weighted by Gasteiger charge is 2.20. The van der Waals surface area contributed by atoms with Crippen molar-refractivity contribution in [1.82, 2.24) is 19.9 Å². The van der Waals surface area contributed by atoms with Crippen molar-refractivity contribution in [3.05, 3.63) is 54.4 Å². The predicted octanol–water partition coefficient (Wildman–Crippen LogP) is 3.47. The molecule has 0 atom stereocenters. The zero-order valence-corrected chi connectivity index (χ0v) is 19.1. The molecule has 1 fully saturated rings. The highest BCUT2D eigenvalue weighted by Crippen LogP contribution is 2.32. The van der Waals surface area contributed by atoms with Gasteiger partial charge in [-0.05, 0) is 24.3 Å². The van der Waals surface area contributed by atoms with E-state index in [-0.39, 0.29) is 0 Å². The van der Waals surface area contributed by atoms with Gasteiger partial charge < -0.3 is 24.1 Å². The van der Waals surface area contributed by atoms with Crippen LogP contribution in [0.5, 0.6) is 11.5 Å². The van der Waals surface area contributed by atoms with Crippen molar-refractivity contribution < 1.29 is 14.2 Å². The van der Waals surface area contributed by atoms with Crippen LogP contribution in [-0.2, 0) is 11.3 Å². The molecule has 1 aliphatic rings. The van der Waals surface area contributed by atoms with E-state index < -0.39 is 0 Å². The number of nitrogens with one attached hydrogen (secondary N) is 1. The van der Waals surface area contributed by atoms with Crippen LogP contribution in [0.15, 0.2) is 48.8 Å². The highest BCUT2D eigenvalue weighted by molar-refractivity contribution is 6.08. The lowest BCUT2D eigenvalue weighted by atomic mass is 10.1. The summed E-state index contributed by atoms with van der Waals surface area (Å²) in [7, 11) is 3.38. The quantitative estimate of drug-likeness (QED) is 0.443. The number of morpholine rings is 1. The smallest absolute Gasteiger partial charge is 0.156 e. The average molecular weight is 448 g/mol. The lowest BCUT2D eigenvalue weighted by Crippen LogP contribution is -2.41. The van der Waals surface area contributed by atoms with Gasteiger partial charge >= 0.3 is 0 Å². The van der Waals surface area contributed by atoms with E-state index in [2.05, 4.69) is 31.9 Å². The summed E-state index contributed by atoms with van der Waals surface area (Å²) in [4.78, 5) is 17.6. The minimum Gasteiger partial charge on any atom is -0.497 e. The number of aromatic amines is 1. The molecule has 1 N–H and O–H groups in total. The molecular weight excluding hydrogens is 418 g/mol. The Bertz CT molecular complexity index is 1240. The van der Waals surface area contributed by atoms with Gasteiger partial charge in [-0.1, -0.05) is 18.2 Å². The number of H-pyrrole nitrogens is 1. The second kappa shape index (κ2) is 9.64. The number of ether oxygens (including phenoxy) is 3. The first-order valence-corrected chi connectivity index (χ1v) is 11.2. The van der Waals surface area contributed by atoms with Crippen molar-refractivity contribution in [3.63, 3.8) is 0 Å². The highest BCUT2D eigenvalue weighted by atomic mass is 16.5. The molecular formula is C25H29N5O3. The van der Waals surface area contributed by atoms with E-state index in [1.807, 2.05) is 30.3 Å². The molecule has 2 aromatic carbocycles. The molecule has 0 spiro atoms. The molecule has 172 valence electrons. The summed E-state index contributed by atoms with van der Waals surface area (Å²) >= 11 is 0. The second-order valence-electron chi connectivity index (χ2n) is 8.14. The standard InChI is InChI=1S/C25H29N5O3/c1-31-19-7-8-22(32-2)18(15-19)16-30(10-9-29-11-13-33-14-12-29)25-24-23(26-17-27-25)20-5-3-4-6-21(20)28-24/h3-8,15,17,28H,9-14,16H2,1-2H3. The first kappa shape index (κ1) is 21.5. The molecule has 5 rings (SSSR count). The molecule has 0 bridgehead atoms. The van der Waals surface area contributed by atoms with Crippen LogP contribution < -0.4 is 14.4 Å². The van der Waals surface area contributed by atoms with Gasteiger partial charge in [0.05, 0.1) is 27.4 Å². The van der Waals surface area contributed by atoms with Crippen LogP contribution in [0.3, 0.4) is 0 Å². The van der Waals surface area contributed by atoms with Crippen LogP contribution in [0.1, 0.15) is 5.56 Å². The van der Waals surface area contributed by atoms with E-state index in [1.54, 1.807) is 20.5 Å². The van der Waals surface area contributed by atoms with Crippen LogP contribution >= 0.6 is 0 Å². The van der Waals surface area contributed by atoms with Crippen molar-refractivity contribution >= 4 is 27.8 Å². The fourth-order valence-corrected chi connectivity index (χ4v) is 4.43. The van der Waals surface area contributed by atoms with Gasteiger partial charge in [-0.15, -0.1) is 0 Å². The summed E-state index contributed by atoms with van der Waals surface area (Å²) < 4.78 is 16.7. The molecule has 0 unspecified atom stereocenters. The van der Waals surface area contributed by atoms with Crippen LogP contribution in [-0.4, -0.2) is 73.5 Å². The van der Waals surface area contributed by atoms with E-state index in [1.165, 1.54) is 0 Å². The summed E-state index contributed by atoms with van der Waals surface area (Å²) in [6, 6.07) is 14.1. The van der Waals surface area contributed by atoms with E-state index >= 15 is 0 Å². The number of anilines is 1. The third-order valence-corrected chi connectivity index (χ3v) is 6.21. The molecule has 2 aromatic heterocycles. The van der Waals surface area contributed by atoms with Crippen molar-refractivity contribution in [2.75, 3.05) is 58.5 Å². The SMILES string of the molecule is COc1ccc(OC)c(CN(CCN2CCOCC2)c2ncnc3c2[nH]c2ccccc23)c1. The number of nitrogens with zero attached hydrogens (tertiary/aromatic N) is 4. The Hall–Kier alpha value is -3.36. The number of rotatable bonds is 8. The summed E-state index contributed by atoms with van der Waals surface area (Å²) in [6.07, 6.45) is 1.66. The van der Waals surface area contributed by atoms with Gasteiger partial charge in [0, 0.05) is 49.2 Å². The van der Waals surface area contributed by atoms with Crippen molar-refractivity contribution in [1.29, 1.82) is 0 Å². The molecule has 0 saturated carbocycles. The van der Waals surface area contributed by atoms with Crippen LogP contribution in [0.25, 0.3) is 21.9 Å². The fourth-order valence-electron chi connectivity index (χ4n) is 4.43. The van der Waals surface area contributed by atoms with Crippen molar-refractivity contribution in [3.8, 4) is 11.5 Å². The summed E-state index contributed by atoms with van der Waals surface area (Å²) in [6.45, 7) is 5.81. The zero-order chi connectivity index (χ0) is 22.6. The molecule has 0 aliphatic carbocycles. The number of benzene rings is 2. The molecule has 0 amide bonds. The Morgan fingerprint density at radius 3 is 2.73 bits per heavy atom. The number of fused-ring (bicyclic) bond motifs is 3. The maximum atomic E-state index is 5.66. The lowest BCUT2D eigenvalue weighted by Gasteiger charge is -2.31. The van der Waals surface area contributed by atoms with E-state index in [0.717, 1.165) is 84.2 Å². The van der Waals surface area contributed by atoms with Crippen molar-refractivity contribution in [2.45, 2.75) is 6.54 Å². The Balaban J connectivity index is 1.54. The monoisotopic (exact) mass is 447 g/mol. The minimum atomic E-state index is 0.631. The largest absolute Gasteiger partial charge is 0.497 e. The fraction of sp³-hybridized carbons (Fsp3) is 0.360. The van der Waals surface area contributed by atoms with Gasteiger partial charge in [0.2, 0.25) is 0 Å². The minimum absolute atomic E-state index is 0.631. The molecule has 0 radical (unpaired) electrons.